The fourth-order valence-electron chi connectivity index (χ4n) is 6.79. The van der Waals surface area contributed by atoms with Gasteiger partial charge in [-0.15, -0.1) is 0 Å². The number of hydrogen-bond acceptors (Lipinski definition) is 0. The van der Waals surface area contributed by atoms with Gasteiger partial charge in [0.2, 0.25) is 0 Å². The Bertz CT molecular complexity index is 1060. The molecule has 0 bridgehead atoms. The van der Waals surface area contributed by atoms with E-state index in [1.165, 1.54) is 12.6 Å². The van der Waals surface area contributed by atoms with Gasteiger partial charge in [0.15, 0.2) is 0 Å². The van der Waals surface area contributed by atoms with E-state index < -0.39 is 14.5 Å². The summed E-state index contributed by atoms with van der Waals surface area (Å²) in [7, 11) is -3.64. The SMILES string of the molecule is c1ccc([PH]2(c3ccccc3)CCC3C2[PH]3(c2ccccc2)c2ccccc2)cc1. The molecule has 0 saturated carbocycles. The molecule has 2 saturated heterocycles. The molecule has 6 rings (SSSR count). The summed E-state index contributed by atoms with van der Waals surface area (Å²) >= 11 is 0. The molecular weight excluding hydrogens is 398 g/mol. The number of hydrogen-bond donors (Lipinski definition) is 0. The topological polar surface area (TPSA) is 0 Å². The minimum atomic E-state index is -1.85. The Morgan fingerprint density at radius 2 is 0.833 bits per heavy atom. The van der Waals surface area contributed by atoms with E-state index in [1.54, 1.807) is 21.2 Å². The van der Waals surface area contributed by atoms with Gasteiger partial charge in [-0.25, -0.2) is 0 Å². The summed E-state index contributed by atoms with van der Waals surface area (Å²) in [5.41, 5.74) is 0.870. The van der Waals surface area contributed by atoms with Gasteiger partial charge in [-0.3, -0.25) is 0 Å². The van der Waals surface area contributed by atoms with Crippen LogP contribution in [-0.4, -0.2) is 17.2 Å². The average molecular weight is 426 g/mol. The Morgan fingerprint density at radius 3 is 1.23 bits per heavy atom. The monoisotopic (exact) mass is 426 g/mol. The first-order valence-electron chi connectivity index (χ1n) is 11.1. The quantitative estimate of drug-likeness (QED) is 0.407. The van der Waals surface area contributed by atoms with Crippen LogP contribution in [0.2, 0.25) is 0 Å². The second-order valence-corrected chi connectivity index (χ2v) is 18.0. The third-order valence-corrected chi connectivity index (χ3v) is 21.6. The van der Waals surface area contributed by atoms with Crippen molar-refractivity contribution in [3.8, 4) is 0 Å². The predicted molar refractivity (Wildman–Crippen MR) is 138 cm³/mol. The van der Waals surface area contributed by atoms with Crippen molar-refractivity contribution in [2.24, 2.45) is 0 Å². The van der Waals surface area contributed by atoms with Gasteiger partial charge in [0.25, 0.3) is 0 Å². The van der Waals surface area contributed by atoms with E-state index in [0.29, 0.717) is 0 Å². The molecule has 150 valence electrons. The fourth-order valence-corrected chi connectivity index (χ4v) is 25.3. The van der Waals surface area contributed by atoms with Crippen molar-refractivity contribution in [3.05, 3.63) is 121 Å². The van der Waals surface area contributed by atoms with Crippen LogP contribution in [0, 0.1) is 0 Å². The first-order valence-corrected chi connectivity index (χ1v) is 15.5. The molecule has 2 fully saturated rings. The van der Waals surface area contributed by atoms with E-state index in [4.69, 9.17) is 0 Å². The number of benzene rings is 4. The van der Waals surface area contributed by atoms with Gasteiger partial charge in [-0.05, 0) is 0 Å². The summed E-state index contributed by atoms with van der Waals surface area (Å²) in [6, 6.07) is 46.3. The molecule has 2 unspecified atom stereocenters. The van der Waals surface area contributed by atoms with Crippen molar-refractivity contribution in [1.29, 1.82) is 0 Å². The van der Waals surface area contributed by atoms with Crippen LogP contribution in [0.25, 0.3) is 0 Å². The molecule has 4 aromatic carbocycles. The standard InChI is InChI=1S/C28H28P2/c1-5-13-23(14-6-1)29(24-15-7-2-8-16-24)22-21-27-28(29)30(27,25-17-9-3-10-18-25)26-19-11-4-12-20-26/h1-20,27-30H,21-22H2. The number of rotatable bonds is 4. The summed E-state index contributed by atoms with van der Waals surface area (Å²) in [5.74, 6) is 0. The average Bonchev–Trinajstić information content (AvgIpc) is 3.35. The molecule has 0 N–H and O–H groups in total. The van der Waals surface area contributed by atoms with Gasteiger partial charge in [0.05, 0.1) is 0 Å². The second kappa shape index (κ2) is 7.16. The van der Waals surface area contributed by atoms with Crippen LogP contribution in [0.5, 0.6) is 0 Å². The molecule has 2 atom stereocenters. The van der Waals surface area contributed by atoms with Gasteiger partial charge >= 0.3 is 181 Å². The molecule has 4 aromatic rings. The Kier molecular flexibility index (Phi) is 4.42. The van der Waals surface area contributed by atoms with Crippen LogP contribution in [0.15, 0.2) is 121 Å². The van der Waals surface area contributed by atoms with Crippen LogP contribution in [0.3, 0.4) is 0 Å². The van der Waals surface area contributed by atoms with Crippen LogP contribution >= 0.6 is 14.5 Å². The normalized spacial score (nSPS) is 25.1. The Balaban J connectivity index is 1.61. The molecule has 2 aliphatic rings. The van der Waals surface area contributed by atoms with Crippen molar-refractivity contribution in [3.63, 3.8) is 0 Å². The first kappa shape index (κ1) is 18.5. The molecule has 0 radical (unpaired) electrons. The summed E-state index contributed by atoms with van der Waals surface area (Å²) in [6.07, 6.45) is 2.78. The van der Waals surface area contributed by atoms with Gasteiger partial charge in [-0.1, -0.05) is 0 Å². The third kappa shape index (κ3) is 2.48. The van der Waals surface area contributed by atoms with Crippen molar-refractivity contribution < 1.29 is 0 Å². The maximum atomic E-state index is 2.44. The van der Waals surface area contributed by atoms with Crippen molar-refractivity contribution in [2.75, 3.05) is 6.16 Å². The summed E-state index contributed by atoms with van der Waals surface area (Å²) in [4.78, 5) is 0. The molecule has 0 nitrogen and oxygen atoms in total. The van der Waals surface area contributed by atoms with Gasteiger partial charge in [0.1, 0.15) is 0 Å². The molecule has 0 spiro atoms. The van der Waals surface area contributed by atoms with E-state index in [0.717, 1.165) is 11.1 Å². The van der Waals surface area contributed by atoms with E-state index in [9.17, 15) is 0 Å². The summed E-state index contributed by atoms with van der Waals surface area (Å²) < 4.78 is 0. The van der Waals surface area contributed by atoms with Crippen LogP contribution in [0.1, 0.15) is 6.42 Å². The second-order valence-electron chi connectivity index (χ2n) is 8.93. The Labute approximate surface area is 180 Å². The van der Waals surface area contributed by atoms with Crippen molar-refractivity contribution >= 4 is 35.7 Å². The maximum absolute atomic E-state index is 2.44. The number of fused-ring (bicyclic) bond motifs is 1. The molecule has 0 amide bonds. The van der Waals surface area contributed by atoms with E-state index >= 15 is 0 Å². The van der Waals surface area contributed by atoms with Crippen LogP contribution in [-0.2, 0) is 0 Å². The Morgan fingerprint density at radius 1 is 0.467 bits per heavy atom. The van der Waals surface area contributed by atoms with Crippen molar-refractivity contribution in [2.45, 2.75) is 17.5 Å². The van der Waals surface area contributed by atoms with Gasteiger partial charge in [0, 0.05) is 0 Å². The molecule has 2 heterocycles. The van der Waals surface area contributed by atoms with Crippen LogP contribution < -0.4 is 21.2 Å². The van der Waals surface area contributed by atoms with E-state index in [2.05, 4.69) is 121 Å². The molecule has 2 aliphatic heterocycles. The molecule has 0 aliphatic carbocycles. The molecule has 30 heavy (non-hydrogen) atoms. The predicted octanol–water partition coefficient (Wildman–Crippen LogP) is 4.90. The minimum absolute atomic E-state index is 0.847. The Hall–Kier alpha value is -2.26. The third-order valence-electron chi connectivity index (χ3n) is 7.83. The summed E-state index contributed by atoms with van der Waals surface area (Å²) in [6.45, 7) is 0. The fraction of sp³-hybridized carbons (Fsp3) is 0.143. The molecule has 0 aromatic heterocycles. The van der Waals surface area contributed by atoms with Crippen molar-refractivity contribution in [1.82, 2.24) is 0 Å². The zero-order valence-electron chi connectivity index (χ0n) is 17.1. The van der Waals surface area contributed by atoms with Gasteiger partial charge < -0.3 is 0 Å². The van der Waals surface area contributed by atoms with Gasteiger partial charge in [-0.2, -0.15) is 0 Å². The summed E-state index contributed by atoms with van der Waals surface area (Å²) in [5, 5.41) is 7.43. The first-order chi connectivity index (χ1) is 14.9. The molecular formula is C28H28P2. The molecule has 2 heteroatoms. The van der Waals surface area contributed by atoms with E-state index in [-0.39, 0.29) is 0 Å². The van der Waals surface area contributed by atoms with Crippen LogP contribution in [0.4, 0.5) is 0 Å². The zero-order valence-corrected chi connectivity index (χ0v) is 19.1. The van der Waals surface area contributed by atoms with E-state index in [1.807, 2.05) is 0 Å². The zero-order chi connectivity index (χ0) is 20.0.